The van der Waals surface area contributed by atoms with E-state index in [1.807, 2.05) is 0 Å². The quantitative estimate of drug-likeness (QED) is 0.421. The second kappa shape index (κ2) is 16.5. The summed E-state index contributed by atoms with van der Waals surface area (Å²) in [5.74, 6) is 0.0340. The smallest absolute Gasteiger partial charge is 0.155 e. The number of hydrogen-bond donors (Lipinski definition) is 1. The van der Waals surface area contributed by atoms with E-state index in [1.54, 1.807) is 0 Å². The number of hydrogen-bond acceptors (Lipinski definition) is 6. The van der Waals surface area contributed by atoms with Crippen LogP contribution < -0.4 is 5.32 Å². The number of Topliss-reactive ketones (excluding diaryl/α,β-unsaturated/α-hetero) is 1. The molecule has 0 aliphatic heterocycles. The van der Waals surface area contributed by atoms with Crippen molar-refractivity contribution < 1.29 is 23.7 Å². The minimum atomic E-state index is 0.0340. The van der Waals surface area contributed by atoms with Gasteiger partial charge < -0.3 is 24.3 Å². The molecule has 0 unspecified atom stereocenters. The molecule has 0 heterocycles. The molecule has 1 N–H and O–H groups in total. The fraction of sp³-hybridized carbons (Fsp3) is 0.929. The molecule has 0 saturated carbocycles. The fourth-order valence-corrected chi connectivity index (χ4v) is 1.32. The molecular weight excluding hydrogens is 262 g/mol. The number of carbonyl (C=O) groups is 1. The van der Waals surface area contributed by atoms with Gasteiger partial charge in [0.1, 0.15) is 6.61 Å². The molecule has 120 valence electrons. The minimum Gasteiger partial charge on any atom is -0.379 e. The topological polar surface area (TPSA) is 66.0 Å². The van der Waals surface area contributed by atoms with E-state index in [4.69, 9.17) is 18.9 Å². The van der Waals surface area contributed by atoms with Gasteiger partial charge in [-0.25, -0.2) is 0 Å². The summed E-state index contributed by atoms with van der Waals surface area (Å²) in [6.45, 7) is 9.73. The van der Waals surface area contributed by atoms with E-state index in [0.717, 1.165) is 26.1 Å². The van der Waals surface area contributed by atoms with Crippen LogP contribution in [0.3, 0.4) is 0 Å². The second-order valence-electron chi connectivity index (χ2n) is 4.34. The van der Waals surface area contributed by atoms with Crippen LogP contribution >= 0.6 is 0 Å². The molecule has 20 heavy (non-hydrogen) atoms. The van der Waals surface area contributed by atoms with Gasteiger partial charge in [0.25, 0.3) is 0 Å². The zero-order chi connectivity index (χ0) is 14.9. The average molecular weight is 291 g/mol. The van der Waals surface area contributed by atoms with Crippen LogP contribution in [0.1, 0.15) is 20.3 Å². The largest absolute Gasteiger partial charge is 0.379 e. The first kappa shape index (κ1) is 19.5. The third-order valence-corrected chi connectivity index (χ3v) is 2.24. The Morgan fingerprint density at radius 1 is 0.800 bits per heavy atom. The highest BCUT2D eigenvalue weighted by Gasteiger charge is 1.94. The first-order valence-corrected chi connectivity index (χ1v) is 7.28. The molecule has 0 aromatic heterocycles. The van der Waals surface area contributed by atoms with Gasteiger partial charge in [-0.2, -0.15) is 0 Å². The maximum absolute atomic E-state index is 10.6. The number of nitrogens with one attached hydrogen (secondary N) is 1. The van der Waals surface area contributed by atoms with Crippen LogP contribution in [0.4, 0.5) is 0 Å². The van der Waals surface area contributed by atoms with Crippen LogP contribution in [0.2, 0.25) is 0 Å². The molecule has 6 nitrogen and oxygen atoms in total. The van der Waals surface area contributed by atoms with E-state index in [0.29, 0.717) is 39.6 Å². The highest BCUT2D eigenvalue weighted by atomic mass is 16.5. The Labute approximate surface area is 122 Å². The third kappa shape index (κ3) is 17.5. The normalized spacial score (nSPS) is 10.9. The lowest BCUT2D eigenvalue weighted by Gasteiger charge is -2.07. The van der Waals surface area contributed by atoms with E-state index in [9.17, 15) is 4.79 Å². The lowest BCUT2D eigenvalue weighted by molar-refractivity contribution is -0.121. The monoisotopic (exact) mass is 291 g/mol. The number of rotatable bonds is 16. The Hall–Kier alpha value is -0.530. The van der Waals surface area contributed by atoms with Crippen LogP contribution in [0, 0.1) is 0 Å². The van der Waals surface area contributed by atoms with E-state index >= 15 is 0 Å². The molecule has 0 aliphatic carbocycles. The molecule has 0 fully saturated rings. The van der Waals surface area contributed by atoms with Crippen molar-refractivity contribution >= 4 is 5.78 Å². The number of ketones is 1. The average Bonchev–Trinajstić information content (AvgIpc) is 2.43. The molecule has 0 rings (SSSR count). The van der Waals surface area contributed by atoms with Crippen molar-refractivity contribution in [2.75, 3.05) is 65.9 Å². The zero-order valence-corrected chi connectivity index (χ0v) is 12.8. The lowest BCUT2D eigenvalue weighted by Crippen LogP contribution is -2.25. The summed E-state index contributed by atoms with van der Waals surface area (Å²) in [7, 11) is 0. The number of carbonyl (C=O) groups excluding carboxylic acids is 1. The Morgan fingerprint density at radius 2 is 1.30 bits per heavy atom. The molecular formula is C14H29NO5. The second-order valence-corrected chi connectivity index (χ2v) is 4.34. The van der Waals surface area contributed by atoms with Gasteiger partial charge in [-0.3, -0.25) is 4.79 Å². The highest BCUT2D eigenvalue weighted by molar-refractivity contribution is 5.76. The van der Waals surface area contributed by atoms with E-state index in [1.165, 1.54) is 6.92 Å². The first-order chi connectivity index (χ1) is 9.77. The SMILES string of the molecule is CCCOCCOCCNCCOCCOCC(C)=O. The summed E-state index contributed by atoms with van der Waals surface area (Å²) in [5.41, 5.74) is 0. The van der Waals surface area contributed by atoms with Gasteiger partial charge in [-0.15, -0.1) is 0 Å². The lowest BCUT2D eigenvalue weighted by atomic mass is 10.5. The Morgan fingerprint density at radius 3 is 1.80 bits per heavy atom. The van der Waals surface area contributed by atoms with Gasteiger partial charge >= 0.3 is 0 Å². The van der Waals surface area contributed by atoms with E-state index < -0.39 is 0 Å². The maximum atomic E-state index is 10.6. The van der Waals surface area contributed by atoms with Crippen molar-refractivity contribution in [1.82, 2.24) is 5.32 Å². The Bertz CT molecular complexity index is 214. The molecule has 0 aromatic rings. The first-order valence-electron chi connectivity index (χ1n) is 7.28. The van der Waals surface area contributed by atoms with Crippen LogP contribution in [-0.4, -0.2) is 71.7 Å². The summed E-state index contributed by atoms with van der Waals surface area (Å²) < 4.78 is 21.1. The summed E-state index contributed by atoms with van der Waals surface area (Å²) in [5, 5.41) is 3.21. The molecule has 6 heteroatoms. The van der Waals surface area contributed by atoms with Crippen LogP contribution in [-0.2, 0) is 23.7 Å². The standard InChI is InChI=1S/C14H29NO5/c1-3-6-17-9-10-18-7-4-15-5-8-19-11-12-20-13-14(2)16/h15H,3-13H2,1-2H3. The highest BCUT2D eigenvalue weighted by Crippen LogP contribution is 1.82. The van der Waals surface area contributed by atoms with Crippen LogP contribution in [0.25, 0.3) is 0 Å². The summed E-state index contributed by atoms with van der Waals surface area (Å²) in [4.78, 5) is 10.6. The van der Waals surface area contributed by atoms with Crippen molar-refractivity contribution in [1.29, 1.82) is 0 Å². The van der Waals surface area contributed by atoms with Gasteiger partial charge in [0.05, 0.1) is 39.6 Å². The van der Waals surface area contributed by atoms with Crippen molar-refractivity contribution in [3.05, 3.63) is 0 Å². The number of ether oxygens (including phenoxy) is 4. The van der Waals surface area contributed by atoms with Crippen molar-refractivity contribution in [3.8, 4) is 0 Å². The van der Waals surface area contributed by atoms with Gasteiger partial charge in [0.15, 0.2) is 5.78 Å². The zero-order valence-electron chi connectivity index (χ0n) is 12.8. The van der Waals surface area contributed by atoms with Gasteiger partial charge in [0.2, 0.25) is 0 Å². The molecule has 0 bridgehead atoms. The van der Waals surface area contributed by atoms with Gasteiger partial charge in [0, 0.05) is 19.7 Å². The Balaban J connectivity index is 2.94. The predicted octanol–water partition coefficient (Wildman–Crippen LogP) is 0.641. The minimum absolute atomic E-state index is 0.0340. The van der Waals surface area contributed by atoms with E-state index in [2.05, 4.69) is 12.2 Å². The fourth-order valence-electron chi connectivity index (χ4n) is 1.32. The maximum Gasteiger partial charge on any atom is 0.155 e. The molecule has 0 amide bonds. The van der Waals surface area contributed by atoms with Crippen molar-refractivity contribution in [2.24, 2.45) is 0 Å². The van der Waals surface area contributed by atoms with E-state index in [-0.39, 0.29) is 12.4 Å². The Kier molecular flexibility index (Phi) is 16.1. The molecule has 0 aliphatic rings. The van der Waals surface area contributed by atoms with Crippen molar-refractivity contribution in [2.45, 2.75) is 20.3 Å². The third-order valence-electron chi connectivity index (χ3n) is 2.24. The molecule has 0 spiro atoms. The molecule has 0 aromatic carbocycles. The van der Waals surface area contributed by atoms with Crippen LogP contribution in [0.15, 0.2) is 0 Å². The van der Waals surface area contributed by atoms with Crippen LogP contribution in [0.5, 0.6) is 0 Å². The molecule has 0 atom stereocenters. The van der Waals surface area contributed by atoms with Crippen molar-refractivity contribution in [3.63, 3.8) is 0 Å². The summed E-state index contributed by atoms with van der Waals surface area (Å²) in [6, 6.07) is 0. The van der Waals surface area contributed by atoms with Gasteiger partial charge in [-0.05, 0) is 13.3 Å². The predicted molar refractivity (Wildman–Crippen MR) is 77.1 cm³/mol. The van der Waals surface area contributed by atoms with Gasteiger partial charge in [-0.1, -0.05) is 6.92 Å². The summed E-state index contributed by atoms with van der Waals surface area (Å²) >= 11 is 0. The molecule has 0 radical (unpaired) electrons. The summed E-state index contributed by atoms with van der Waals surface area (Å²) in [6.07, 6.45) is 1.04. The molecule has 0 saturated heterocycles.